The highest BCUT2D eigenvalue weighted by molar-refractivity contribution is 7.89. The second-order valence-electron chi connectivity index (χ2n) is 7.88. The molecular weight excluding hydrogens is 482 g/mol. The highest BCUT2D eigenvalue weighted by Gasteiger charge is 2.24. The molecule has 3 aromatic rings. The summed E-state index contributed by atoms with van der Waals surface area (Å²) >= 11 is 1.42. The minimum atomic E-state index is -3.91. The number of nitrogens with zero attached hydrogens (tertiary/aromatic N) is 5. The van der Waals surface area contributed by atoms with E-state index in [1.54, 1.807) is 6.08 Å². The molecule has 0 unspecified atom stereocenters. The van der Waals surface area contributed by atoms with E-state index in [1.165, 1.54) is 35.6 Å². The second kappa shape index (κ2) is 11.2. The molecule has 0 saturated heterocycles. The van der Waals surface area contributed by atoms with E-state index in [2.05, 4.69) is 23.7 Å². The van der Waals surface area contributed by atoms with Gasteiger partial charge in [0.25, 0.3) is 5.91 Å². The lowest BCUT2D eigenvalue weighted by molar-refractivity contribution is 0.0997. The van der Waals surface area contributed by atoms with Crippen LogP contribution in [0, 0.1) is 36.5 Å². The van der Waals surface area contributed by atoms with Crippen LogP contribution in [0.2, 0.25) is 0 Å². The first-order chi connectivity index (χ1) is 16.7. The van der Waals surface area contributed by atoms with Crippen LogP contribution < -0.4 is 4.80 Å². The number of carbonyl (C=O) groups is 1. The van der Waals surface area contributed by atoms with Gasteiger partial charge in [0.2, 0.25) is 10.0 Å². The molecule has 35 heavy (non-hydrogen) atoms. The lowest BCUT2D eigenvalue weighted by Gasteiger charge is -2.20. The number of nitriles is 2. The molecule has 10 heteroatoms. The number of amides is 1. The molecule has 0 aliphatic rings. The Hall–Kier alpha value is -3.57. The fourth-order valence-corrected chi connectivity index (χ4v) is 6.20. The van der Waals surface area contributed by atoms with Crippen molar-refractivity contribution in [2.45, 2.75) is 38.1 Å². The van der Waals surface area contributed by atoms with Gasteiger partial charge in [0.15, 0.2) is 4.80 Å². The normalized spacial score (nSPS) is 12.0. The van der Waals surface area contributed by atoms with Gasteiger partial charge in [-0.3, -0.25) is 4.79 Å². The average molecular weight is 508 g/mol. The Morgan fingerprint density at radius 2 is 1.77 bits per heavy atom. The van der Waals surface area contributed by atoms with Crippen molar-refractivity contribution >= 4 is 37.5 Å². The van der Waals surface area contributed by atoms with E-state index in [4.69, 9.17) is 10.5 Å². The molecule has 0 atom stereocenters. The molecule has 3 rings (SSSR count). The number of hydrogen-bond acceptors (Lipinski definition) is 6. The molecule has 0 radical (unpaired) electrons. The van der Waals surface area contributed by atoms with E-state index in [9.17, 15) is 13.2 Å². The first kappa shape index (κ1) is 26.0. The Bertz CT molecular complexity index is 1500. The number of hydrogen-bond donors (Lipinski definition) is 0. The molecule has 0 saturated carbocycles. The number of carbonyl (C=O) groups excluding carboxylic acids is 1. The number of rotatable bonds is 9. The fraction of sp³-hybridized carbons (Fsp3) is 0.280. The van der Waals surface area contributed by atoms with Crippen LogP contribution >= 0.6 is 11.3 Å². The van der Waals surface area contributed by atoms with Gasteiger partial charge in [0.1, 0.15) is 0 Å². The Morgan fingerprint density at radius 3 is 2.34 bits per heavy atom. The number of fused-ring (bicyclic) bond motifs is 1. The summed E-state index contributed by atoms with van der Waals surface area (Å²) in [6, 6.07) is 13.5. The minimum Gasteiger partial charge on any atom is -0.312 e. The second-order valence-corrected chi connectivity index (χ2v) is 10.8. The largest absolute Gasteiger partial charge is 0.312 e. The van der Waals surface area contributed by atoms with Crippen molar-refractivity contribution in [2.75, 3.05) is 13.1 Å². The summed E-state index contributed by atoms with van der Waals surface area (Å²) in [5.41, 5.74) is 3.44. The van der Waals surface area contributed by atoms with Gasteiger partial charge in [-0.1, -0.05) is 23.5 Å². The molecule has 0 aliphatic heterocycles. The molecule has 0 aliphatic carbocycles. The first-order valence-corrected chi connectivity index (χ1v) is 13.1. The smallest absolute Gasteiger partial charge is 0.279 e. The number of aryl methyl sites for hydroxylation is 2. The van der Waals surface area contributed by atoms with Crippen LogP contribution in [0.15, 0.2) is 58.9 Å². The summed E-state index contributed by atoms with van der Waals surface area (Å²) in [6.45, 7) is 8.32. The lowest BCUT2D eigenvalue weighted by Crippen LogP contribution is -2.32. The summed E-state index contributed by atoms with van der Waals surface area (Å²) in [5, 5.41) is 17.7. The van der Waals surface area contributed by atoms with Crippen LogP contribution in [-0.4, -0.2) is 36.3 Å². The standard InChI is InChI=1S/C25H25N5O3S2/c1-4-13-30-22-17-18(2)16-19(3)23(22)34-25(30)28-24(31)20-7-9-21(10-8-20)35(32,33)29(14-5-11-26)15-6-12-27/h4,7-10,16-17H,1,5-6,13-15H2,2-3H3. The Balaban J connectivity index is 1.96. The number of thiazole rings is 1. The predicted octanol–water partition coefficient (Wildman–Crippen LogP) is 4.06. The molecule has 1 aromatic heterocycles. The minimum absolute atomic E-state index is 0.00927. The zero-order chi connectivity index (χ0) is 25.6. The van der Waals surface area contributed by atoms with Crippen LogP contribution in [0.25, 0.3) is 10.2 Å². The van der Waals surface area contributed by atoms with Crippen molar-refractivity contribution < 1.29 is 13.2 Å². The van der Waals surface area contributed by atoms with Gasteiger partial charge < -0.3 is 4.57 Å². The molecule has 8 nitrogen and oxygen atoms in total. The van der Waals surface area contributed by atoms with Crippen LogP contribution in [0.5, 0.6) is 0 Å². The van der Waals surface area contributed by atoms with Crippen molar-refractivity contribution in [3.05, 3.63) is 70.5 Å². The molecule has 2 aromatic carbocycles. The summed E-state index contributed by atoms with van der Waals surface area (Å²) in [7, 11) is -3.91. The first-order valence-electron chi connectivity index (χ1n) is 10.9. The molecule has 1 heterocycles. The Labute approximate surface area is 208 Å². The monoisotopic (exact) mass is 507 g/mol. The topological polar surface area (TPSA) is 119 Å². The number of allylic oxidation sites excluding steroid dienone is 1. The van der Waals surface area contributed by atoms with E-state index in [0.29, 0.717) is 11.3 Å². The van der Waals surface area contributed by atoms with E-state index < -0.39 is 15.9 Å². The summed E-state index contributed by atoms with van der Waals surface area (Å²) < 4.78 is 30.0. The zero-order valence-electron chi connectivity index (χ0n) is 19.6. The number of aromatic nitrogens is 1. The molecule has 0 N–H and O–H groups in total. The van der Waals surface area contributed by atoms with Gasteiger partial charge >= 0.3 is 0 Å². The van der Waals surface area contributed by atoms with Gasteiger partial charge in [-0.2, -0.15) is 19.8 Å². The van der Waals surface area contributed by atoms with Crippen LogP contribution in [0.1, 0.15) is 34.3 Å². The molecule has 0 fully saturated rings. The maximum atomic E-state index is 13.0. The molecule has 1 amide bonds. The van der Waals surface area contributed by atoms with Gasteiger partial charge in [-0.25, -0.2) is 8.42 Å². The van der Waals surface area contributed by atoms with Crippen molar-refractivity contribution in [2.24, 2.45) is 4.99 Å². The Morgan fingerprint density at radius 1 is 1.14 bits per heavy atom. The van der Waals surface area contributed by atoms with Gasteiger partial charge in [-0.05, 0) is 55.3 Å². The van der Waals surface area contributed by atoms with Gasteiger partial charge in [0.05, 0.1) is 27.3 Å². The average Bonchev–Trinajstić information content (AvgIpc) is 3.16. The van der Waals surface area contributed by atoms with Gasteiger partial charge in [0, 0.05) is 38.0 Å². The molecule has 0 spiro atoms. The predicted molar refractivity (Wildman–Crippen MR) is 135 cm³/mol. The van der Waals surface area contributed by atoms with E-state index in [1.807, 2.05) is 30.6 Å². The zero-order valence-corrected chi connectivity index (χ0v) is 21.2. The Kier molecular flexibility index (Phi) is 8.36. The summed E-state index contributed by atoms with van der Waals surface area (Å²) in [5.74, 6) is -0.487. The van der Waals surface area contributed by atoms with Crippen LogP contribution in [0.3, 0.4) is 0 Å². The summed E-state index contributed by atoms with van der Waals surface area (Å²) in [4.78, 5) is 17.8. The third kappa shape index (κ3) is 5.75. The SMILES string of the molecule is C=CCn1c(=NC(=O)c2ccc(S(=O)(=O)N(CCC#N)CCC#N)cc2)sc2c(C)cc(C)cc21. The van der Waals surface area contributed by atoms with E-state index >= 15 is 0 Å². The third-order valence-corrected chi connectivity index (χ3v) is 8.45. The van der Waals surface area contributed by atoms with E-state index in [-0.39, 0.29) is 36.4 Å². The summed E-state index contributed by atoms with van der Waals surface area (Å²) in [6.07, 6.45) is 1.77. The fourth-order valence-electron chi connectivity index (χ4n) is 3.67. The van der Waals surface area contributed by atoms with Crippen molar-refractivity contribution in [3.63, 3.8) is 0 Å². The lowest BCUT2D eigenvalue weighted by atomic mass is 10.1. The maximum absolute atomic E-state index is 13.0. The molecule has 0 bridgehead atoms. The quantitative estimate of drug-likeness (QED) is 0.405. The highest BCUT2D eigenvalue weighted by Crippen LogP contribution is 2.24. The van der Waals surface area contributed by atoms with Crippen molar-refractivity contribution in [1.29, 1.82) is 10.5 Å². The maximum Gasteiger partial charge on any atom is 0.279 e. The van der Waals surface area contributed by atoms with Gasteiger partial charge in [-0.15, -0.1) is 6.58 Å². The number of benzene rings is 2. The van der Waals surface area contributed by atoms with E-state index in [0.717, 1.165) is 25.6 Å². The molecule has 180 valence electrons. The number of sulfonamides is 1. The van der Waals surface area contributed by atoms with Crippen LogP contribution in [-0.2, 0) is 16.6 Å². The molecular formula is C25H25N5O3S2. The van der Waals surface area contributed by atoms with Crippen molar-refractivity contribution in [1.82, 2.24) is 8.87 Å². The highest BCUT2D eigenvalue weighted by atomic mass is 32.2. The van der Waals surface area contributed by atoms with Crippen LogP contribution in [0.4, 0.5) is 0 Å². The third-order valence-electron chi connectivity index (χ3n) is 5.31. The van der Waals surface area contributed by atoms with Crippen molar-refractivity contribution in [3.8, 4) is 12.1 Å².